The Hall–Kier alpha value is -5.86. The Balaban J connectivity index is 1.38. The molecule has 2 heteroatoms. The molecule has 1 aliphatic rings. The Morgan fingerprint density at radius 2 is 1.09 bits per heavy atom. The van der Waals surface area contributed by atoms with E-state index >= 15 is 0 Å². The van der Waals surface area contributed by atoms with Crippen molar-refractivity contribution in [1.29, 1.82) is 0 Å². The molecule has 0 saturated carbocycles. The highest BCUT2D eigenvalue weighted by Crippen LogP contribution is 2.58. The van der Waals surface area contributed by atoms with Crippen LogP contribution in [0.1, 0.15) is 25.0 Å². The van der Waals surface area contributed by atoms with Crippen LogP contribution in [0.2, 0.25) is 0 Å². The SMILES string of the molecule is CC1(C)c2ccccc2-c2c1c1c3ccccc3oc1c1c2c2ccccc2n1-c1ccc2c3ccccc3c3ccccc3c2c1. The van der Waals surface area contributed by atoms with Crippen molar-refractivity contribution in [2.24, 2.45) is 0 Å². The van der Waals surface area contributed by atoms with Crippen LogP contribution in [0.5, 0.6) is 0 Å². The van der Waals surface area contributed by atoms with E-state index in [1.165, 1.54) is 81.6 Å². The maximum absolute atomic E-state index is 6.97. The Bertz CT molecular complexity index is 2950. The summed E-state index contributed by atoms with van der Waals surface area (Å²) in [5, 5.41) is 12.6. The number of furan rings is 1. The highest BCUT2D eigenvalue weighted by atomic mass is 16.3. The number of hydrogen-bond donors (Lipinski definition) is 0. The van der Waals surface area contributed by atoms with Gasteiger partial charge < -0.3 is 8.98 Å². The quantitative estimate of drug-likeness (QED) is 0.172. The Labute approximate surface area is 271 Å². The fourth-order valence-electron chi connectivity index (χ4n) is 9.00. The van der Waals surface area contributed by atoms with E-state index in [0.717, 1.165) is 22.4 Å². The van der Waals surface area contributed by atoms with E-state index < -0.39 is 0 Å². The molecule has 220 valence electrons. The minimum Gasteiger partial charge on any atom is -0.454 e. The molecule has 0 spiro atoms. The van der Waals surface area contributed by atoms with Crippen LogP contribution >= 0.6 is 0 Å². The first kappa shape index (κ1) is 25.3. The highest BCUT2D eigenvalue weighted by Gasteiger charge is 2.41. The summed E-state index contributed by atoms with van der Waals surface area (Å²) < 4.78 is 9.43. The molecule has 0 aliphatic heterocycles. The van der Waals surface area contributed by atoms with Gasteiger partial charge in [0.15, 0.2) is 5.58 Å². The molecule has 0 radical (unpaired) electrons. The lowest BCUT2D eigenvalue weighted by Crippen LogP contribution is -2.15. The first-order valence-electron chi connectivity index (χ1n) is 16.5. The van der Waals surface area contributed by atoms with Gasteiger partial charge in [0.1, 0.15) is 5.58 Å². The second kappa shape index (κ2) is 8.69. The van der Waals surface area contributed by atoms with Crippen LogP contribution < -0.4 is 0 Å². The second-order valence-electron chi connectivity index (χ2n) is 13.6. The number of nitrogens with zero attached hydrogens (tertiary/aromatic N) is 1. The molecule has 0 fully saturated rings. The lowest BCUT2D eigenvalue weighted by atomic mass is 9.80. The van der Waals surface area contributed by atoms with Crippen molar-refractivity contribution in [3.05, 3.63) is 151 Å². The van der Waals surface area contributed by atoms with Gasteiger partial charge in [-0.3, -0.25) is 0 Å². The van der Waals surface area contributed by atoms with Crippen LogP contribution in [-0.4, -0.2) is 4.57 Å². The Kier molecular flexibility index (Phi) is 4.68. The lowest BCUT2D eigenvalue weighted by molar-refractivity contribution is 0.658. The van der Waals surface area contributed by atoms with E-state index in [4.69, 9.17) is 4.42 Å². The van der Waals surface area contributed by atoms with Crippen LogP contribution in [0.3, 0.4) is 0 Å². The van der Waals surface area contributed by atoms with E-state index in [2.05, 4.69) is 158 Å². The highest BCUT2D eigenvalue weighted by molar-refractivity contribution is 6.30. The van der Waals surface area contributed by atoms with Gasteiger partial charge in [0.2, 0.25) is 0 Å². The third-order valence-electron chi connectivity index (χ3n) is 10.9. The molecule has 1 aliphatic carbocycles. The average Bonchev–Trinajstić information content (AvgIpc) is 3.74. The molecule has 2 aromatic heterocycles. The predicted molar refractivity (Wildman–Crippen MR) is 198 cm³/mol. The minimum absolute atomic E-state index is 0.183. The molecule has 2 nitrogen and oxygen atoms in total. The summed E-state index contributed by atoms with van der Waals surface area (Å²) in [7, 11) is 0. The largest absolute Gasteiger partial charge is 0.454 e. The van der Waals surface area contributed by atoms with Gasteiger partial charge in [-0.2, -0.15) is 0 Å². The normalized spacial score (nSPS) is 13.9. The summed E-state index contributed by atoms with van der Waals surface area (Å²) >= 11 is 0. The average molecular weight is 600 g/mol. The molecular weight excluding hydrogens is 571 g/mol. The molecule has 47 heavy (non-hydrogen) atoms. The number of rotatable bonds is 1. The van der Waals surface area contributed by atoms with E-state index in [-0.39, 0.29) is 5.41 Å². The summed E-state index contributed by atoms with van der Waals surface area (Å²) in [5.74, 6) is 0. The van der Waals surface area contributed by atoms with Crippen molar-refractivity contribution in [2.45, 2.75) is 19.3 Å². The van der Waals surface area contributed by atoms with Gasteiger partial charge in [-0.25, -0.2) is 0 Å². The van der Waals surface area contributed by atoms with E-state index in [9.17, 15) is 0 Å². The van der Waals surface area contributed by atoms with Gasteiger partial charge in [0.05, 0.1) is 11.0 Å². The molecule has 2 heterocycles. The van der Waals surface area contributed by atoms with E-state index in [1.807, 2.05) is 0 Å². The number of hydrogen-bond acceptors (Lipinski definition) is 1. The zero-order valence-corrected chi connectivity index (χ0v) is 26.1. The zero-order valence-electron chi connectivity index (χ0n) is 26.1. The standard InChI is InChI=1S/C45H29NO/c1-45(2)36-20-10-7-17-32(36)39-40-33-18-8-11-21-37(33)46(43(40)44-41(42(39)45)34-19-9-12-22-38(34)47-44)26-23-24-31-29-15-4-3-13-27(29)28-14-5-6-16-30(28)35(31)25-26/h3-25H,1-2H3. The molecule has 0 unspecified atom stereocenters. The van der Waals surface area contributed by atoms with Gasteiger partial charge in [0, 0.05) is 32.6 Å². The third-order valence-corrected chi connectivity index (χ3v) is 10.9. The molecule has 10 aromatic rings. The summed E-state index contributed by atoms with van der Waals surface area (Å²) in [6.45, 7) is 4.76. The maximum atomic E-state index is 6.97. The predicted octanol–water partition coefficient (Wildman–Crippen LogP) is 12.4. The molecule has 0 N–H and O–H groups in total. The van der Waals surface area contributed by atoms with Gasteiger partial charge >= 0.3 is 0 Å². The van der Waals surface area contributed by atoms with Crippen molar-refractivity contribution in [3.63, 3.8) is 0 Å². The summed E-state index contributed by atoms with van der Waals surface area (Å²) in [4.78, 5) is 0. The fraction of sp³-hybridized carbons (Fsp3) is 0.0667. The van der Waals surface area contributed by atoms with Gasteiger partial charge in [0.25, 0.3) is 0 Å². The molecule has 0 amide bonds. The van der Waals surface area contributed by atoms with Crippen molar-refractivity contribution >= 4 is 76.1 Å². The van der Waals surface area contributed by atoms with Gasteiger partial charge in [-0.1, -0.05) is 129 Å². The summed E-state index contributed by atoms with van der Waals surface area (Å²) in [6, 6.07) is 51.1. The minimum atomic E-state index is -0.183. The first-order chi connectivity index (χ1) is 23.1. The maximum Gasteiger partial charge on any atom is 0.160 e. The molecule has 11 rings (SSSR count). The second-order valence-corrected chi connectivity index (χ2v) is 13.6. The van der Waals surface area contributed by atoms with Gasteiger partial charge in [-0.15, -0.1) is 0 Å². The smallest absolute Gasteiger partial charge is 0.160 e. The van der Waals surface area contributed by atoms with Crippen LogP contribution in [0, 0.1) is 0 Å². The third kappa shape index (κ3) is 3.06. The lowest BCUT2D eigenvalue weighted by Gasteiger charge is -2.22. The molecule has 8 aromatic carbocycles. The van der Waals surface area contributed by atoms with Gasteiger partial charge in [-0.05, 0) is 78.8 Å². The number of fused-ring (bicyclic) bond motifs is 18. The van der Waals surface area contributed by atoms with E-state index in [0.29, 0.717) is 0 Å². The van der Waals surface area contributed by atoms with Crippen molar-refractivity contribution in [1.82, 2.24) is 4.57 Å². The van der Waals surface area contributed by atoms with Crippen molar-refractivity contribution in [3.8, 4) is 16.8 Å². The van der Waals surface area contributed by atoms with Crippen molar-refractivity contribution < 1.29 is 4.42 Å². The topological polar surface area (TPSA) is 18.1 Å². The molecule has 0 atom stereocenters. The molecule has 0 saturated heterocycles. The monoisotopic (exact) mass is 599 g/mol. The van der Waals surface area contributed by atoms with Crippen molar-refractivity contribution in [2.75, 3.05) is 0 Å². The number of benzene rings is 8. The van der Waals surface area contributed by atoms with Crippen LogP contribution in [-0.2, 0) is 5.41 Å². The van der Waals surface area contributed by atoms with Crippen LogP contribution in [0.15, 0.2) is 144 Å². The molecule has 0 bridgehead atoms. The Morgan fingerprint density at radius 3 is 1.83 bits per heavy atom. The summed E-state index contributed by atoms with van der Waals surface area (Å²) in [6.07, 6.45) is 0. The fourth-order valence-corrected chi connectivity index (χ4v) is 9.00. The molecular formula is C45H29NO. The first-order valence-corrected chi connectivity index (χ1v) is 16.5. The van der Waals surface area contributed by atoms with Crippen LogP contribution in [0.4, 0.5) is 0 Å². The number of aromatic nitrogens is 1. The summed E-state index contributed by atoms with van der Waals surface area (Å²) in [5.41, 5.74) is 10.6. The van der Waals surface area contributed by atoms with Crippen LogP contribution in [0.25, 0.3) is 92.9 Å². The zero-order chi connectivity index (χ0) is 31.0. The Morgan fingerprint density at radius 1 is 0.511 bits per heavy atom. The van der Waals surface area contributed by atoms with E-state index in [1.54, 1.807) is 0 Å². The number of para-hydroxylation sites is 2.